The lowest BCUT2D eigenvalue weighted by atomic mass is 9.98. The lowest BCUT2D eigenvalue weighted by molar-refractivity contribution is -0.143. The van der Waals surface area contributed by atoms with Gasteiger partial charge in [-0.05, 0) is 49.6 Å². The summed E-state index contributed by atoms with van der Waals surface area (Å²) in [7, 11) is 0. The van der Waals surface area contributed by atoms with E-state index in [1.165, 1.54) is 22.3 Å². The summed E-state index contributed by atoms with van der Waals surface area (Å²) in [5.41, 5.74) is 5.12. The normalized spacial score (nSPS) is 22.0. The molecule has 2 atom stereocenters. The van der Waals surface area contributed by atoms with Gasteiger partial charge in [-0.25, -0.2) is 0 Å². The van der Waals surface area contributed by atoms with Crippen molar-refractivity contribution in [3.8, 4) is 0 Å². The van der Waals surface area contributed by atoms with Gasteiger partial charge in [-0.15, -0.1) is 0 Å². The highest BCUT2D eigenvalue weighted by atomic mass is 16.5. The van der Waals surface area contributed by atoms with Gasteiger partial charge in [0, 0.05) is 12.6 Å². The topological polar surface area (TPSA) is 49.8 Å². The Morgan fingerprint density at radius 1 is 1.24 bits per heavy atom. The largest absolute Gasteiger partial charge is 0.481 e. The first kappa shape index (κ1) is 16.0. The third-order valence-electron chi connectivity index (χ3n) is 4.57. The Kier molecular flexibility index (Phi) is 5.01. The second kappa shape index (κ2) is 6.58. The van der Waals surface area contributed by atoms with Gasteiger partial charge in [0.1, 0.15) is 0 Å². The summed E-state index contributed by atoms with van der Waals surface area (Å²) in [6, 6.07) is 4.39. The number of likely N-dealkylation sites (N-methyl/N-ethyl adjacent to an activating group) is 1. The minimum atomic E-state index is -0.757. The fourth-order valence-corrected chi connectivity index (χ4v) is 3.01. The number of rotatable bonds is 5. The molecule has 4 heteroatoms. The van der Waals surface area contributed by atoms with Gasteiger partial charge in [-0.2, -0.15) is 0 Å². The van der Waals surface area contributed by atoms with E-state index in [4.69, 9.17) is 4.74 Å². The maximum Gasteiger partial charge on any atom is 0.310 e. The Bertz CT molecular complexity index is 527. The first-order chi connectivity index (χ1) is 9.93. The number of carbonyl (C=O) groups is 1. The third-order valence-corrected chi connectivity index (χ3v) is 4.57. The van der Waals surface area contributed by atoms with Crippen LogP contribution in [0.15, 0.2) is 12.1 Å². The lowest BCUT2D eigenvalue weighted by Gasteiger charge is -2.30. The number of ether oxygens (including phenoxy) is 1. The van der Waals surface area contributed by atoms with Crippen molar-refractivity contribution < 1.29 is 14.6 Å². The number of carboxylic acid groups (broad SMARTS) is 1. The molecule has 1 aromatic carbocycles. The van der Waals surface area contributed by atoms with Gasteiger partial charge in [0.2, 0.25) is 0 Å². The highest BCUT2D eigenvalue weighted by molar-refractivity contribution is 5.71. The van der Waals surface area contributed by atoms with Crippen LogP contribution in [-0.2, 0) is 16.1 Å². The highest BCUT2D eigenvalue weighted by Gasteiger charge is 2.37. The Hall–Kier alpha value is -1.39. The number of carboxylic acids is 1. The number of nitrogens with zero attached hydrogens (tertiary/aromatic N) is 1. The smallest absolute Gasteiger partial charge is 0.310 e. The Morgan fingerprint density at radius 3 is 2.52 bits per heavy atom. The highest BCUT2D eigenvalue weighted by Crippen LogP contribution is 2.24. The molecule has 0 spiro atoms. The summed E-state index contributed by atoms with van der Waals surface area (Å²) >= 11 is 0. The van der Waals surface area contributed by atoms with E-state index in [0.717, 1.165) is 13.1 Å². The molecule has 0 aliphatic carbocycles. The van der Waals surface area contributed by atoms with Gasteiger partial charge < -0.3 is 9.84 Å². The van der Waals surface area contributed by atoms with Crippen molar-refractivity contribution in [1.29, 1.82) is 0 Å². The zero-order valence-corrected chi connectivity index (χ0v) is 13.3. The van der Waals surface area contributed by atoms with Crippen molar-refractivity contribution >= 4 is 5.97 Å². The van der Waals surface area contributed by atoms with Crippen LogP contribution in [0.2, 0.25) is 0 Å². The van der Waals surface area contributed by atoms with E-state index >= 15 is 0 Å². The van der Waals surface area contributed by atoms with Crippen molar-refractivity contribution in [2.24, 2.45) is 5.92 Å². The number of benzene rings is 1. The van der Waals surface area contributed by atoms with Crippen LogP contribution in [0, 0.1) is 26.7 Å². The number of aryl methyl sites for hydroxylation is 3. The van der Waals surface area contributed by atoms with Gasteiger partial charge in [0.15, 0.2) is 0 Å². The molecule has 4 nitrogen and oxygen atoms in total. The van der Waals surface area contributed by atoms with E-state index in [0.29, 0.717) is 13.2 Å². The molecule has 0 saturated carbocycles. The van der Waals surface area contributed by atoms with Crippen molar-refractivity contribution in [1.82, 2.24) is 4.90 Å². The summed E-state index contributed by atoms with van der Waals surface area (Å²) in [5, 5.41) is 9.32. The van der Waals surface area contributed by atoms with Crippen molar-refractivity contribution in [3.63, 3.8) is 0 Å². The second-order valence-corrected chi connectivity index (χ2v) is 5.98. The van der Waals surface area contributed by atoms with Gasteiger partial charge >= 0.3 is 5.97 Å². The third kappa shape index (κ3) is 3.44. The lowest BCUT2D eigenvalue weighted by Crippen LogP contribution is -2.42. The molecule has 0 bridgehead atoms. The SMILES string of the molecule is CCN(Cc1cc(C)c(C)cc1C)C1COCC1C(=O)O. The number of hydrogen-bond donors (Lipinski definition) is 1. The Labute approximate surface area is 126 Å². The Morgan fingerprint density at radius 2 is 1.90 bits per heavy atom. The molecule has 116 valence electrons. The van der Waals surface area contributed by atoms with Gasteiger partial charge in [0.05, 0.1) is 19.1 Å². The summed E-state index contributed by atoms with van der Waals surface area (Å²) in [6.07, 6.45) is 0. The van der Waals surface area contributed by atoms with Crippen LogP contribution in [0.1, 0.15) is 29.2 Å². The maximum atomic E-state index is 11.3. The average Bonchev–Trinajstić information content (AvgIpc) is 2.90. The van der Waals surface area contributed by atoms with Crippen LogP contribution < -0.4 is 0 Å². The molecular weight excluding hydrogens is 266 g/mol. The minimum absolute atomic E-state index is 0.0338. The average molecular weight is 291 g/mol. The quantitative estimate of drug-likeness (QED) is 0.905. The summed E-state index contributed by atoms with van der Waals surface area (Å²) < 4.78 is 5.40. The van der Waals surface area contributed by atoms with Crippen LogP contribution in [-0.4, -0.2) is 41.8 Å². The number of hydrogen-bond acceptors (Lipinski definition) is 3. The fraction of sp³-hybridized carbons (Fsp3) is 0.588. The Balaban J connectivity index is 2.19. The number of aliphatic carboxylic acids is 1. The molecule has 1 N–H and O–H groups in total. The van der Waals surface area contributed by atoms with Crippen LogP contribution >= 0.6 is 0 Å². The van der Waals surface area contributed by atoms with Crippen LogP contribution in [0.4, 0.5) is 0 Å². The monoisotopic (exact) mass is 291 g/mol. The van der Waals surface area contributed by atoms with Gasteiger partial charge in [0.25, 0.3) is 0 Å². The van der Waals surface area contributed by atoms with Crippen LogP contribution in [0.25, 0.3) is 0 Å². The van der Waals surface area contributed by atoms with Gasteiger partial charge in [-0.1, -0.05) is 19.1 Å². The summed E-state index contributed by atoms with van der Waals surface area (Å²) in [5.74, 6) is -1.18. The summed E-state index contributed by atoms with van der Waals surface area (Å²) in [6.45, 7) is 10.9. The molecule has 1 aromatic rings. The van der Waals surface area contributed by atoms with E-state index in [2.05, 4.69) is 44.7 Å². The van der Waals surface area contributed by atoms with E-state index in [1.807, 2.05) is 0 Å². The summed E-state index contributed by atoms with van der Waals surface area (Å²) in [4.78, 5) is 13.6. The predicted octanol–water partition coefficient (Wildman–Crippen LogP) is 2.53. The molecule has 1 aliphatic heterocycles. The molecule has 2 unspecified atom stereocenters. The standard InChI is InChI=1S/C17H25NO3/c1-5-18(16-10-21-9-15(16)17(19)20)8-14-7-12(3)11(2)6-13(14)4/h6-7,15-16H,5,8-10H2,1-4H3,(H,19,20). The molecule has 1 aliphatic rings. The zero-order valence-electron chi connectivity index (χ0n) is 13.3. The molecule has 21 heavy (non-hydrogen) atoms. The molecule has 1 fully saturated rings. The van der Waals surface area contributed by atoms with Gasteiger partial charge in [-0.3, -0.25) is 9.69 Å². The van der Waals surface area contributed by atoms with Crippen LogP contribution in [0.3, 0.4) is 0 Å². The van der Waals surface area contributed by atoms with Crippen LogP contribution in [0.5, 0.6) is 0 Å². The molecule has 0 amide bonds. The van der Waals surface area contributed by atoms with Crippen molar-refractivity contribution in [2.75, 3.05) is 19.8 Å². The molecule has 2 rings (SSSR count). The molecular formula is C17H25NO3. The molecule has 0 radical (unpaired) electrons. The van der Waals surface area contributed by atoms with E-state index in [1.54, 1.807) is 0 Å². The first-order valence-corrected chi connectivity index (χ1v) is 7.55. The second-order valence-electron chi connectivity index (χ2n) is 5.98. The molecule has 0 aromatic heterocycles. The first-order valence-electron chi connectivity index (χ1n) is 7.55. The minimum Gasteiger partial charge on any atom is -0.481 e. The fourth-order valence-electron chi connectivity index (χ4n) is 3.01. The van der Waals surface area contributed by atoms with Crippen molar-refractivity contribution in [2.45, 2.75) is 40.3 Å². The predicted molar refractivity (Wildman–Crippen MR) is 82.5 cm³/mol. The maximum absolute atomic E-state index is 11.3. The zero-order chi connectivity index (χ0) is 15.6. The van der Waals surface area contributed by atoms with E-state index in [-0.39, 0.29) is 6.04 Å². The molecule has 1 heterocycles. The van der Waals surface area contributed by atoms with E-state index < -0.39 is 11.9 Å². The van der Waals surface area contributed by atoms with Crippen molar-refractivity contribution in [3.05, 3.63) is 34.4 Å². The molecule has 1 saturated heterocycles. The van der Waals surface area contributed by atoms with E-state index in [9.17, 15) is 9.90 Å².